The van der Waals surface area contributed by atoms with Gasteiger partial charge in [-0.3, -0.25) is 4.31 Å². The van der Waals surface area contributed by atoms with Gasteiger partial charge in [-0.05, 0) is 48.9 Å². The van der Waals surface area contributed by atoms with Crippen LogP contribution < -0.4 is 9.04 Å². The van der Waals surface area contributed by atoms with E-state index in [-0.39, 0.29) is 23.6 Å². The van der Waals surface area contributed by atoms with Crippen molar-refractivity contribution in [3.63, 3.8) is 0 Å². The second kappa shape index (κ2) is 5.44. The summed E-state index contributed by atoms with van der Waals surface area (Å²) in [6, 6.07) is 8.56. The van der Waals surface area contributed by atoms with Crippen molar-refractivity contribution in [3.05, 3.63) is 52.8 Å². The van der Waals surface area contributed by atoms with Crippen LogP contribution in [0.1, 0.15) is 5.56 Å². The highest BCUT2D eigenvalue weighted by atomic mass is 35.5. The molecule has 0 unspecified atom stereocenters. The SMILES string of the molecule is Cc1cc(S(=O)(=O)N2CCOc3ccc(Cl)cc32)ccc1F. The number of anilines is 1. The van der Waals surface area contributed by atoms with Crippen LogP contribution in [0.3, 0.4) is 0 Å². The van der Waals surface area contributed by atoms with Crippen LogP contribution in [0.15, 0.2) is 41.3 Å². The van der Waals surface area contributed by atoms with Crippen molar-refractivity contribution in [2.45, 2.75) is 11.8 Å². The van der Waals surface area contributed by atoms with Crippen molar-refractivity contribution >= 4 is 27.3 Å². The van der Waals surface area contributed by atoms with Crippen molar-refractivity contribution < 1.29 is 17.5 Å². The molecule has 2 aromatic carbocycles. The number of ether oxygens (including phenoxy) is 1. The van der Waals surface area contributed by atoms with Crippen LogP contribution in [0.4, 0.5) is 10.1 Å². The fourth-order valence-electron chi connectivity index (χ4n) is 2.32. The van der Waals surface area contributed by atoms with Gasteiger partial charge in [-0.25, -0.2) is 12.8 Å². The molecule has 0 saturated heterocycles. The molecule has 0 spiro atoms. The van der Waals surface area contributed by atoms with Crippen LogP contribution in [-0.2, 0) is 10.0 Å². The van der Waals surface area contributed by atoms with Gasteiger partial charge in [0.05, 0.1) is 17.1 Å². The molecule has 2 aromatic rings. The van der Waals surface area contributed by atoms with E-state index in [0.29, 0.717) is 16.5 Å². The molecule has 0 amide bonds. The zero-order valence-corrected chi connectivity index (χ0v) is 13.3. The Morgan fingerprint density at radius 1 is 1.23 bits per heavy atom. The van der Waals surface area contributed by atoms with E-state index in [9.17, 15) is 12.8 Å². The van der Waals surface area contributed by atoms with E-state index in [1.807, 2.05) is 0 Å². The lowest BCUT2D eigenvalue weighted by atomic mass is 10.2. The molecule has 1 aliphatic heterocycles. The Bertz CT molecular complexity index is 839. The minimum absolute atomic E-state index is 0.0409. The Hall–Kier alpha value is -1.79. The summed E-state index contributed by atoms with van der Waals surface area (Å²) in [6.45, 7) is 1.94. The molecule has 0 N–H and O–H groups in total. The van der Waals surface area contributed by atoms with Gasteiger partial charge in [-0.1, -0.05) is 11.6 Å². The number of aryl methyl sites for hydroxylation is 1. The molecule has 3 rings (SSSR count). The van der Waals surface area contributed by atoms with E-state index in [1.54, 1.807) is 18.2 Å². The highest BCUT2D eigenvalue weighted by Crippen LogP contribution is 2.37. The summed E-state index contributed by atoms with van der Waals surface area (Å²) in [5.41, 5.74) is 0.668. The van der Waals surface area contributed by atoms with Crippen LogP contribution in [-0.4, -0.2) is 21.6 Å². The third-order valence-corrected chi connectivity index (χ3v) is 5.50. The number of hydrogen-bond acceptors (Lipinski definition) is 3. The second-order valence-electron chi connectivity index (χ2n) is 4.95. The van der Waals surface area contributed by atoms with Crippen LogP contribution in [0.25, 0.3) is 0 Å². The molecule has 0 radical (unpaired) electrons. The first kappa shape index (κ1) is 15.1. The minimum Gasteiger partial charge on any atom is -0.489 e. The average Bonchev–Trinajstić information content (AvgIpc) is 2.49. The zero-order chi connectivity index (χ0) is 15.9. The molecule has 22 heavy (non-hydrogen) atoms. The fourth-order valence-corrected chi connectivity index (χ4v) is 4.02. The van der Waals surface area contributed by atoms with Gasteiger partial charge in [-0.2, -0.15) is 0 Å². The van der Waals surface area contributed by atoms with Crippen LogP contribution >= 0.6 is 11.6 Å². The van der Waals surface area contributed by atoms with Gasteiger partial charge < -0.3 is 4.74 Å². The lowest BCUT2D eigenvalue weighted by Gasteiger charge is -2.30. The summed E-state index contributed by atoms with van der Waals surface area (Å²) in [5, 5.41) is 0.416. The van der Waals surface area contributed by atoms with Gasteiger partial charge in [0.1, 0.15) is 18.2 Å². The van der Waals surface area contributed by atoms with Gasteiger partial charge in [0.15, 0.2) is 0 Å². The Labute approximate surface area is 133 Å². The first-order valence-electron chi connectivity index (χ1n) is 6.61. The molecular weight excluding hydrogens is 329 g/mol. The minimum atomic E-state index is -3.80. The number of benzene rings is 2. The summed E-state index contributed by atoms with van der Waals surface area (Å²) in [4.78, 5) is 0.0409. The first-order chi connectivity index (χ1) is 10.4. The molecule has 4 nitrogen and oxygen atoms in total. The Kier molecular flexibility index (Phi) is 3.74. The molecule has 0 saturated carbocycles. The van der Waals surface area contributed by atoms with Crippen molar-refractivity contribution in [2.75, 3.05) is 17.5 Å². The van der Waals surface area contributed by atoms with Crippen molar-refractivity contribution in [3.8, 4) is 5.75 Å². The van der Waals surface area contributed by atoms with Gasteiger partial charge in [0, 0.05) is 5.02 Å². The third kappa shape index (κ3) is 2.53. The van der Waals surface area contributed by atoms with E-state index >= 15 is 0 Å². The molecule has 1 aliphatic rings. The maximum atomic E-state index is 13.4. The maximum absolute atomic E-state index is 13.4. The summed E-state index contributed by atoms with van der Waals surface area (Å²) >= 11 is 5.96. The monoisotopic (exact) mass is 341 g/mol. The number of nitrogens with zero attached hydrogens (tertiary/aromatic N) is 1. The molecule has 0 aliphatic carbocycles. The topological polar surface area (TPSA) is 46.6 Å². The van der Waals surface area contributed by atoms with E-state index in [4.69, 9.17) is 16.3 Å². The van der Waals surface area contributed by atoms with Gasteiger partial charge in [0.2, 0.25) is 0 Å². The van der Waals surface area contributed by atoms with Crippen LogP contribution in [0.2, 0.25) is 5.02 Å². The number of rotatable bonds is 2. The molecule has 116 valence electrons. The van der Waals surface area contributed by atoms with E-state index in [1.165, 1.54) is 23.4 Å². The molecule has 1 heterocycles. The summed E-state index contributed by atoms with van der Waals surface area (Å²) < 4.78 is 45.7. The molecule has 0 atom stereocenters. The standard InChI is InChI=1S/C15H13ClFNO3S/c1-10-8-12(3-4-13(10)17)22(19,20)18-6-7-21-15-5-2-11(16)9-14(15)18/h2-5,8-9H,6-7H2,1H3. The van der Waals surface area contributed by atoms with Gasteiger partial charge in [-0.15, -0.1) is 0 Å². The smallest absolute Gasteiger partial charge is 0.264 e. The normalized spacial score (nSPS) is 14.4. The first-order valence-corrected chi connectivity index (χ1v) is 8.42. The molecule has 7 heteroatoms. The number of hydrogen-bond donors (Lipinski definition) is 0. The van der Waals surface area contributed by atoms with Crippen LogP contribution in [0.5, 0.6) is 5.75 Å². The highest BCUT2D eigenvalue weighted by Gasteiger charge is 2.30. The largest absolute Gasteiger partial charge is 0.489 e. The highest BCUT2D eigenvalue weighted by molar-refractivity contribution is 7.92. The van der Waals surface area contributed by atoms with Crippen molar-refractivity contribution in [1.29, 1.82) is 0 Å². The predicted octanol–water partition coefficient (Wildman–Crippen LogP) is 3.38. The van der Waals surface area contributed by atoms with Gasteiger partial charge >= 0.3 is 0 Å². The van der Waals surface area contributed by atoms with E-state index in [0.717, 1.165) is 6.07 Å². The van der Waals surface area contributed by atoms with E-state index < -0.39 is 15.8 Å². The molecule has 0 bridgehead atoms. The zero-order valence-electron chi connectivity index (χ0n) is 11.7. The predicted molar refractivity (Wildman–Crippen MR) is 82.6 cm³/mol. The van der Waals surface area contributed by atoms with Crippen LogP contribution in [0, 0.1) is 12.7 Å². The Morgan fingerprint density at radius 2 is 2.00 bits per heavy atom. The quantitative estimate of drug-likeness (QED) is 0.841. The lowest BCUT2D eigenvalue weighted by Crippen LogP contribution is -2.38. The lowest BCUT2D eigenvalue weighted by molar-refractivity contribution is 0.316. The second-order valence-corrected chi connectivity index (χ2v) is 7.25. The average molecular weight is 342 g/mol. The van der Waals surface area contributed by atoms with Crippen molar-refractivity contribution in [1.82, 2.24) is 0 Å². The maximum Gasteiger partial charge on any atom is 0.264 e. The summed E-state index contributed by atoms with van der Waals surface area (Å²) in [7, 11) is -3.80. The fraction of sp³-hybridized carbons (Fsp3) is 0.200. The molecule has 0 aromatic heterocycles. The Balaban J connectivity index is 2.11. The third-order valence-electron chi connectivity index (χ3n) is 3.46. The molecular formula is C15H13ClFNO3S. The Morgan fingerprint density at radius 3 is 2.73 bits per heavy atom. The number of sulfonamides is 1. The number of fused-ring (bicyclic) bond motifs is 1. The van der Waals surface area contributed by atoms with E-state index in [2.05, 4.69) is 0 Å². The summed E-state index contributed by atoms with van der Waals surface area (Å²) in [6.07, 6.45) is 0. The molecule has 0 fully saturated rings. The van der Waals surface area contributed by atoms with Gasteiger partial charge in [0.25, 0.3) is 10.0 Å². The van der Waals surface area contributed by atoms with Crippen molar-refractivity contribution in [2.24, 2.45) is 0 Å². The summed E-state index contributed by atoms with van der Waals surface area (Å²) in [5.74, 6) is 0.0161. The number of halogens is 2.